The molecule has 1 aliphatic heterocycles. The second kappa shape index (κ2) is 7.44. The maximum atomic E-state index is 13.6. The van der Waals surface area contributed by atoms with E-state index in [0.717, 1.165) is 6.07 Å². The molecule has 0 atom stereocenters. The first-order valence-corrected chi connectivity index (χ1v) is 9.80. The molecule has 1 aliphatic rings. The van der Waals surface area contributed by atoms with Crippen molar-refractivity contribution in [1.29, 1.82) is 5.26 Å². The van der Waals surface area contributed by atoms with Gasteiger partial charge in [0.25, 0.3) is 0 Å². The van der Waals surface area contributed by atoms with Gasteiger partial charge in [0.05, 0.1) is 29.1 Å². The average Bonchev–Trinajstić information content (AvgIpc) is 2.61. The standard InChI is InChI=1S/C18H16ClFN2O4S/c19-14-2-5-16(6-3-14)27(24,25)22-9-18(10-22,11-23)12-26-15-4-1-13(8-21)17(20)7-15/h1-7,23H,9-12H2. The van der Waals surface area contributed by atoms with E-state index in [-0.39, 0.29) is 42.5 Å². The molecule has 1 heterocycles. The van der Waals surface area contributed by atoms with E-state index < -0.39 is 21.3 Å². The Morgan fingerprint density at radius 3 is 2.48 bits per heavy atom. The quantitative estimate of drug-likeness (QED) is 0.789. The maximum Gasteiger partial charge on any atom is 0.243 e. The van der Waals surface area contributed by atoms with Gasteiger partial charge in [0, 0.05) is 24.2 Å². The van der Waals surface area contributed by atoms with Gasteiger partial charge in [0.1, 0.15) is 17.6 Å². The number of hydrogen-bond acceptors (Lipinski definition) is 5. The lowest BCUT2D eigenvalue weighted by Crippen LogP contribution is -2.62. The lowest BCUT2D eigenvalue weighted by atomic mass is 9.83. The smallest absolute Gasteiger partial charge is 0.243 e. The molecule has 0 bridgehead atoms. The molecule has 0 amide bonds. The van der Waals surface area contributed by atoms with Crippen LogP contribution in [0.4, 0.5) is 4.39 Å². The van der Waals surface area contributed by atoms with Gasteiger partial charge in [0.2, 0.25) is 10.0 Å². The summed E-state index contributed by atoms with van der Waals surface area (Å²) in [4.78, 5) is 0.119. The number of hydrogen-bond donors (Lipinski definition) is 1. The Kier molecular flexibility index (Phi) is 5.40. The summed E-state index contributed by atoms with van der Waals surface area (Å²) >= 11 is 5.78. The third kappa shape index (κ3) is 3.92. The molecule has 0 spiro atoms. The Hall–Kier alpha value is -2.18. The molecular formula is C18H16ClFN2O4S. The summed E-state index contributed by atoms with van der Waals surface area (Å²) in [7, 11) is -3.69. The first-order chi connectivity index (χ1) is 12.8. The van der Waals surface area contributed by atoms with Crippen molar-refractivity contribution in [2.24, 2.45) is 5.41 Å². The van der Waals surface area contributed by atoms with Gasteiger partial charge in [-0.2, -0.15) is 9.57 Å². The Morgan fingerprint density at radius 2 is 1.93 bits per heavy atom. The predicted molar refractivity (Wildman–Crippen MR) is 96.3 cm³/mol. The molecule has 0 unspecified atom stereocenters. The molecule has 0 radical (unpaired) electrons. The van der Waals surface area contributed by atoms with Crippen molar-refractivity contribution < 1.29 is 22.7 Å². The van der Waals surface area contributed by atoms with Crippen LogP contribution in [0, 0.1) is 22.6 Å². The Balaban J connectivity index is 1.66. The highest BCUT2D eigenvalue weighted by molar-refractivity contribution is 7.89. The SMILES string of the molecule is N#Cc1ccc(OCC2(CO)CN(S(=O)(=O)c3ccc(Cl)cc3)C2)cc1F. The molecule has 2 aromatic carbocycles. The van der Waals surface area contributed by atoms with E-state index in [1.54, 1.807) is 6.07 Å². The van der Waals surface area contributed by atoms with Crippen LogP contribution in [0.15, 0.2) is 47.4 Å². The molecule has 1 N–H and O–H groups in total. The van der Waals surface area contributed by atoms with Crippen LogP contribution in [0.1, 0.15) is 5.56 Å². The summed E-state index contributed by atoms with van der Waals surface area (Å²) in [5.41, 5.74) is -0.868. The van der Waals surface area contributed by atoms with Crippen LogP contribution in [0.5, 0.6) is 5.75 Å². The molecule has 27 heavy (non-hydrogen) atoms. The number of halogens is 2. The van der Waals surface area contributed by atoms with Crippen LogP contribution in [0.25, 0.3) is 0 Å². The first kappa shape index (κ1) is 19.6. The van der Waals surface area contributed by atoms with Crippen LogP contribution in [0.2, 0.25) is 5.02 Å². The normalized spacial score (nSPS) is 16.4. The van der Waals surface area contributed by atoms with Crippen molar-refractivity contribution in [3.63, 3.8) is 0 Å². The largest absolute Gasteiger partial charge is 0.493 e. The second-order valence-electron chi connectivity index (χ2n) is 6.43. The van der Waals surface area contributed by atoms with Gasteiger partial charge >= 0.3 is 0 Å². The molecule has 0 saturated carbocycles. The molecule has 1 saturated heterocycles. The minimum Gasteiger partial charge on any atom is -0.493 e. The van der Waals surface area contributed by atoms with Crippen LogP contribution in [-0.4, -0.2) is 44.1 Å². The van der Waals surface area contributed by atoms with Gasteiger partial charge in [-0.3, -0.25) is 0 Å². The third-order valence-electron chi connectivity index (χ3n) is 4.42. The summed E-state index contributed by atoms with van der Waals surface area (Å²) in [5, 5.41) is 18.9. The Bertz CT molecular complexity index is 983. The van der Waals surface area contributed by atoms with Gasteiger partial charge in [-0.1, -0.05) is 11.6 Å². The summed E-state index contributed by atoms with van der Waals surface area (Å²) in [6.07, 6.45) is 0. The van der Waals surface area contributed by atoms with Crippen molar-refractivity contribution in [1.82, 2.24) is 4.31 Å². The highest BCUT2D eigenvalue weighted by Gasteiger charge is 2.49. The van der Waals surface area contributed by atoms with E-state index in [4.69, 9.17) is 21.6 Å². The zero-order valence-electron chi connectivity index (χ0n) is 14.1. The lowest BCUT2D eigenvalue weighted by molar-refractivity contribution is -0.0273. The van der Waals surface area contributed by atoms with E-state index in [0.29, 0.717) is 5.02 Å². The molecule has 142 valence electrons. The minimum absolute atomic E-state index is 0.0154. The van der Waals surface area contributed by atoms with Crippen LogP contribution in [-0.2, 0) is 10.0 Å². The van der Waals surface area contributed by atoms with Gasteiger partial charge in [-0.05, 0) is 36.4 Å². The highest BCUT2D eigenvalue weighted by atomic mass is 35.5. The molecule has 0 aliphatic carbocycles. The molecule has 2 aromatic rings. The van der Waals surface area contributed by atoms with Crippen molar-refractivity contribution in [2.75, 3.05) is 26.3 Å². The molecule has 0 aromatic heterocycles. The van der Waals surface area contributed by atoms with Crippen molar-refractivity contribution in [2.45, 2.75) is 4.90 Å². The number of nitrogens with zero attached hydrogens (tertiary/aromatic N) is 2. The second-order valence-corrected chi connectivity index (χ2v) is 8.80. The molecule has 3 rings (SSSR count). The van der Waals surface area contributed by atoms with E-state index in [1.165, 1.54) is 40.7 Å². The Morgan fingerprint density at radius 1 is 1.26 bits per heavy atom. The van der Waals surface area contributed by atoms with Gasteiger partial charge in [0.15, 0.2) is 0 Å². The van der Waals surface area contributed by atoms with Crippen LogP contribution in [0.3, 0.4) is 0 Å². The summed E-state index contributed by atoms with van der Waals surface area (Å²) in [6.45, 7) is -0.111. The fourth-order valence-electron chi connectivity index (χ4n) is 2.78. The monoisotopic (exact) mass is 410 g/mol. The number of sulfonamides is 1. The summed E-state index contributed by atoms with van der Waals surface area (Å²) in [6, 6.07) is 11.4. The van der Waals surface area contributed by atoms with Gasteiger partial charge in [-0.25, -0.2) is 12.8 Å². The van der Waals surface area contributed by atoms with Crippen LogP contribution < -0.4 is 4.74 Å². The van der Waals surface area contributed by atoms with Gasteiger partial charge < -0.3 is 9.84 Å². The van der Waals surface area contributed by atoms with Crippen LogP contribution >= 0.6 is 11.6 Å². The minimum atomic E-state index is -3.69. The Labute approximate surface area is 161 Å². The first-order valence-electron chi connectivity index (χ1n) is 7.99. The molecule has 6 nitrogen and oxygen atoms in total. The highest BCUT2D eigenvalue weighted by Crippen LogP contribution is 2.35. The number of aliphatic hydroxyl groups is 1. The lowest BCUT2D eigenvalue weighted by Gasteiger charge is -2.47. The van der Waals surface area contributed by atoms with Crippen molar-refractivity contribution in [3.05, 3.63) is 58.9 Å². The number of nitriles is 1. The number of benzene rings is 2. The van der Waals surface area contributed by atoms with E-state index >= 15 is 0 Å². The average molecular weight is 411 g/mol. The molecule has 9 heteroatoms. The number of rotatable bonds is 6. The fraction of sp³-hybridized carbons (Fsp3) is 0.278. The zero-order chi connectivity index (χ0) is 19.7. The van der Waals surface area contributed by atoms with E-state index in [2.05, 4.69) is 0 Å². The third-order valence-corrected chi connectivity index (χ3v) is 6.47. The predicted octanol–water partition coefficient (Wildman–Crippen LogP) is 2.41. The molecular weight excluding hydrogens is 395 g/mol. The summed E-state index contributed by atoms with van der Waals surface area (Å²) in [5.74, 6) is -0.494. The van der Waals surface area contributed by atoms with E-state index in [1.807, 2.05) is 0 Å². The summed E-state index contributed by atoms with van der Waals surface area (Å²) < 4.78 is 45.6. The van der Waals surface area contributed by atoms with E-state index in [9.17, 15) is 17.9 Å². The maximum absolute atomic E-state index is 13.6. The number of aliphatic hydroxyl groups excluding tert-OH is 1. The zero-order valence-corrected chi connectivity index (χ0v) is 15.7. The molecule has 1 fully saturated rings. The number of ether oxygens (including phenoxy) is 1. The van der Waals surface area contributed by atoms with Crippen molar-refractivity contribution in [3.8, 4) is 11.8 Å². The van der Waals surface area contributed by atoms with Gasteiger partial charge in [-0.15, -0.1) is 0 Å². The van der Waals surface area contributed by atoms with Crippen molar-refractivity contribution >= 4 is 21.6 Å². The topological polar surface area (TPSA) is 90.6 Å². The fourth-order valence-corrected chi connectivity index (χ4v) is 4.57.